The lowest BCUT2D eigenvalue weighted by Gasteiger charge is -2.04. The van der Waals surface area contributed by atoms with Gasteiger partial charge in [0.25, 0.3) is 0 Å². The van der Waals surface area contributed by atoms with E-state index >= 15 is 0 Å². The molecular formula is C18H24N2O+2. The van der Waals surface area contributed by atoms with Crippen LogP contribution in [0.5, 0.6) is 0 Å². The maximum absolute atomic E-state index is 5.22. The van der Waals surface area contributed by atoms with E-state index in [4.69, 9.17) is 4.74 Å². The van der Waals surface area contributed by atoms with E-state index in [2.05, 4.69) is 77.9 Å². The number of pyridine rings is 2. The molecule has 0 N–H and O–H groups in total. The van der Waals surface area contributed by atoms with E-state index in [0.29, 0.717) is 6.61 Å². The molecule has 3 heteroatoms. The number of rotatable bonds is 6. The van der Waals surface area contributed by atoms with Crippen LogP contribution in [0, 0.1) is 0 Å². The molecule has 0 amide bonds. The van der Waals surface area contributed by atoms with Gasteiger partial charge in [-0.2, -0.15) is 0 Å². The molecule has 3 nitrogen and oxygen atoms in total. The first kappa shape index (κ1) is 15.4. The number of hydrogen-bond donors (Lipinski definition) is 0. The Morgan fingerprint density at radius 2 is 2.00 bits per heavy atom. The predicted octanol–water partition coefficient (Wildman–Crippen LogP) is 2.49. The number of aryl methyl sites for hydroxylation is 1. The monoisotopic (exact) mass is 284 g/mol. The van der Waals surface area contributed by atoms with Crippen molar-refractivity contribution in [1.29, 1.82) is 0 Å². The van der Waals surface area contributed by atoms with Crippen molar-refractivity contribution in [2.75, 3.05) is 13.7 Å². The van der Waals surface area contributed by atoms with Crippen LogP contribution < -0.4 is 9.13 Å². The van der Waals surface area contributed by atoms with Crippen LogP contribution in [0.15, 0.2) is 48.8 Å². The van der Waals surface area contributed by atoms with Gasteiger partial charge in [0.15, 0.2) is 18.9 Å². The standard InChI is InChI=1S/C18H24N2O/c1-4-9-17-16(5-2)10-8-13-20(17)18-11-6-7-12-19(18)14-15-21-3/h4,6-13H,5,14-15H2,1-3H3/q+2. The maximum atomic E-state index is 5.22. The molecule has 2 rings (SSSR count). The molecule has 0 atom stereocenters. The largest absolute Gasteiger partial charge is 0.449 e. The van der Waals surface area contributed by atoms with Gasteiger partial charge in [0, 0.05) is 30.9 Å². The SMILES string of the molecule is CC=Cc1c(CC)ccc[n+]1-c1cccc[n+]1CCOC. The van der Waals surface area contributed by atoms with Crippen LogP contribution >= 0.6 is 0 Å². The van der Waals surface area contributed by atoms with Crippen molar-refractivity contribution in [3.8, 4) is 5.82 Å². The highest BCUT2D eigenvalue weighted by molar-refractivity contribution is 5.46. The van der Waals surface area contributed by atoms with Gasteiger partial charge in [-0.05, 0) is 25.5 Å². The first-order chi connectivity index (χ1) is 10.3. The first-order valence-electron chi connectivity index (χ1n) is 7.45. The van der Waals surface area contributed by atoms with Crippen molar-refractivity contribution in [1.82, 2.24) is 0 Å². The fourth-order valence-electron chi connectivity index (χ4n) is 2.47. The Kier molecular flexibility index (Phi) is 5.64. The third-order valence-corrected chi connectivity index (χ3v) is 3.53. The minimum atomic E-state index is 0.703. The van der Waals surface area contributed by atoms with Crippen LogP contribution in [-0.2, 0) is 17.7 Å². The highest BCUT2D eigenvalue weighted by atomic mass is 16.5. The fraction of sp³-hybridized carbons (Fsp3) is 0.333. The summed E-state index contributed by atoms with van der Waals surface area (Å²) in [7, 11) is 1.74. The van der Waals surface area contributed by atoms with Crippen molar-refractivity contribution >= 4 is 6.08 Å². The van der Waals surface area contributed by atoms with E-state index < -0.39 is 0 Å². The predicted molar refractivity (Wildman–Crippen MR) is 84.1 cm³/mol. The zero-order chi connectivity index (χ0) is 15.1. The van der Waals surface area contributed by atoms with Crippen molar-refractivity contribution in [3.63, 3.8) is 0 Å². The summed E-state index contributed by atoms with van der Waals surface area (Å²) in [6.45, 7) is 5.79. The van der Waals surface area contributed by atoms with Gasteiger partial charge < -0.3 is 4.74 Å². The summed E-state index contributed by atoms with van der Waals surface area (Å²) in [5.74, 6) is 1.15. The second-order valence-electron chi connectivity index (χ2n) is 4.89. The number of methoxy groups -OCH3 is 1. The molecule has 2 aromatic rings. The number of ether oxygens (including phenoxy) is 1. The van der Waals surface area contributed by atoms with E-state index in [1.807, 2.05) is 0 Å². The highest BCUT2D eigenvalue weighted by Crippen LogP contribution is 2.08. The molecule has 0 aliphatic rings. The Labute approximate surface area is 127 Å². The fourth-order valence-corrected chi connectivity index (χ4v) is 2.47. The van der Waals surface area contributed by atoms with Crippen LogP contribution in [0.1, 0.15) is 25.1 Å². The topological polar surface area (TPSA) is 17.0 Å². The third-order valence-electron chi connectivity index (χ3n) is 3.53. The molecular weight excluding hydrogens is 260 g/mol. The van der Waals surface area contributed by atoms with Gasteiger partial charge in [0.05, 0.1) is 6.07 Å². The summed E-state index contributed by atoms with van der Waals surface area (Å²) >= 11 is 0. The normalized spacial score (nSPS) is 11.2. The molecule has 0 aliphatic carbocycles. The molecule has 2 aromatic heterocycles. The number of aromatic nitrogens is 2. The van der Waals surface area contributed by atoms with Crippen LogP contribution in [0.4, 0.5) is 0 Å². The third kappa shape index (κ3) is 3.56. The van der Waals surface area contributed by atoms with Gasteiger partial charge in [-0.1, -0.05) is 13.0 Å². The number of nitrogens with zero attached hydrogens (tertiary/aromatic N) is 2. The van der Waals surface area contributed by atoms with Gasteiger partial charge in [-0.25, -0.2) is 0 Å². The number of allylic oxidation sites excluding steroid dienone is 1. The quantitative estimate of drug-likeness (QED) is 0.745. The Bertz CT molecular complexity index is 620. The molecule has 0 bridgehead atoms. The van der Waals surface area contributed by atoms with Crippen LogP contribution in [0.25, 0.3) is 11.9 Å². The molecule has 0 fully saturated rings. The van der Waals surface area contributed by atoms with Crippen LogP contribution in [0.2, 0.25) is 0 Å². The second kappa shape index (κ2) is 7.70. The molecule has 0 spiro atoms. The van der Waals surface area contributed by atoms with E-state index in [1.165, 1.54) is 11.3 Å². The molecule has 0 saturated carbocycles. The molecule has 110 valence electrons. The Morgan fingerprint density at radius 3 is 2.71 bits per heavy atom. The lowest BCUT2D eigenvalue weighted by atomic mass is 10.1. The zero-order valence-electron chi connectivity index (χ0n) is 13.1. The van der Waals surface area contributed by atoms with Crippen molar-refractivity contribution < 1.29 is 13.9 Å². The lowest BCUT2D eigenvalue weighted by Crippen LogP contribution is -2.51. The summed E-state index contributed by atoms with van der Waals surface area (Å²) in [5, 5.41) is 0. The van der Waals surface area contributed by atoms with E-state index in [-0.39, 0.29) is 0 Å². The molecule has 0 radical (unpaired) electrons. The van der Waals surface area contributed by atoms with Crippen molar-refractivity contribution in [2.45, 2.75) is 26.8 Å². The van der Waals surface area contributed by atoms with Gasteiger partial charge >= 0.3 is 5.82 Å². The number of hydrogen-bond acceptors (Lipinski definition) is 1. The zero-order valence-corrected chi connectivity index (χ0v) is 13.1. The first-order valence-corrected chi connectivity index (χ1v) is 7.45. The summed E-state index contributed by atoms with van der Waals surface area (Å²) in [5.41, 5.74) is 2.58. The average Bonchev–Trinajstić information content (AvgIpc) is 2.54. The smallest absolute Gasteiger partial charge is 0.378 e. The highest BCUT2D eigenvalue weighted by Gasteiger charge is 2.23. The Hall–Kier alpha value is -2.00. The van der Waals surface area contributed by atoms with Crippen LogP contribution in [-0.4, -0.2) is 13.7 Å². The summed E-state index contributed by atoms with van der Waals surface area (Å²) in [6, 6.07) is 10.6. The van der Waals surface area contributed by atoms with E-state index in [1.54, 1.807) is 7.11 Å². The summed E-state index contributed by atoms with van der Waals surface area (Å²) in [4.78, 5) is 0. The Morgan fingerprint density at radius 1 is 1.14 bits per heavy atom. The lowest BCUT2D eigenvalue weighted by molar-refractivity contribution is -0.793. The van der Waals surface area contributed by atoms with Crippen molar-refractivity contribution in [2.24, 2.45) is 0 Å². The second-order valence-corrected chi connectivity index (χ2v) is 4.89. The average molecular weight is 284 g/mol. The van der Waals surface area contributed by atoms with E-state index in [9.17, 15) is 0 Å². The van der Waals surface area contributed by atoms with Gasteiger partial charge in [-0.15, -0.1) is 9.13 Å². The van der Waals surface area contributed by atoms with Gasteiger partial charge in [0.1, 0.15) is 6.61 Å². The molecule has 0 unspecified atom stereocenters. The molecule has 21 heavy (non-hydrogen) atoms. The Balaban J connectivity index is 2.56. The molecule has 0 aliphatic heterocycles. The van der Waals surface area contributed by atoms with Gasteiger partial charge in [0.2, 0.25) is 5.69 Å². The summed E-state index contributed by atoms with van der Waals surface area (Å²) in [6.07, 6.45) is 9.50. The maximum Gasteiger partial charge on any atom is 0.449 e. The minimum Gasteiger partial charge on any atom is -0.378 e. The molecule has 0 aromatic carbocycles. The molecule has 2 heterocycles. The minimum absolute atomic E-state index is 0.703. The van der Waals surface area contributed by atoms with Crippen molar-refractivity contribution in [3.05, 3.63) is 60.1 Å². The molecule has 0 saturated heterocycles. The summed E-state index contributed by atoms with van der Waals surface area (Å²) < 4.78 is 9.68. The van der Waals surface area contributed by atoms with Crippen LogP contribution in [0.3, 0.4) is 0 Å². The van der Waals surface area contributed by atoms with E-state index in [0.717, 1.165) is 18.8 Å². The van der Waals surface area contributed by atoms with Gasteiger partial charge in [-0.3, -0.25) is 0 Å².